The van der Waals surface area contributed by atoms with Gasteiger partial charge in [-0.2, -0.15) is 0 Å². The van der Waals surface area contributed by atoms with Gasteiger partial charge in [-0.25, -0.2) is 0 Å². The first-order valence-electron chi connectivity index (χ1n) is 4.91. The van der Waals surface area contributed by atoms with Crippen molar-refractivity contribution in [1.82, 2.24) is 0 Å². The molecule has 0 spiro atoms. The molecule has 0 saturated heterocycles. The Labute approximate surface area is 99.8 Å². The molecule has 0 aliphatic carbocycles. The first-order chi connectivity index (χ1) is 8.15. The fourth-order valence-corrected chi connectivity index (χ4v) is 1.46. The molecule has 0 unspecified atom stereocenters. The molecule has 0 heterocycles. The minimum absolute atomic E-state index is 0.0444. The van der Waals surface area contributed by atoms with Gasteiger partial charge in [-0.3, -0.25) is 4.79 Å². The summed E-state index contributed by atoms with van der Waals surface area (Å²) in [4.78, 5) is 11.2. The SMILES string of the molecule is COC(C(N)=O)=C(OC)c1ccccc1OC. The van der Waals surface area contributed by atoms with Crippen molar-refractivity contribution in [2.75, 3.05) is 21.3 Å². The Balaban J connectivity index is 3.40. The van der Waals surface area contributed by atoms with E-state index in [9.17, 15) is 4.79 Å². The van der Waals surface area contributed by atoms with E-state index in [1.807, 2.05) is 6.07 Å². The second kappa shape index (κ2) is 5.79. The van der Waals surface area contributed by atoms with Gasteiger partial charge in [0.1, 0.15) is 5.75 Å². The van der Waals surface area contributed by atoms with Crippen molar-refractivity contribution in [2.24, 2.45) is 5.73 Å². The standard InChI is InChI=1S/C12H15NO4/c1-15-9-7-5-4-6-8(9)10(16-2)11(17-3)12(13)14/h4-7H,1-3H3,(H2,13,14). The zero-order valence-electron chi connectivity index (χ0n) is 10.0. The van der Waals surface area contributed by atoms with Gasteiger partial charge in [0.15, 0.2) is 5.76 Å². The number of ether oxygens (including phenoxy) is 3. The summed E-state index contributed by atoms with van der Waals surface area (Å²) in [5.41, 5.74) is 5.81. The molecule has 0 saturated carbocycles. The lowest BCUT2D eigenvalue weighted by Crippen LogP contribution is -2.17. The van der Waals surface area contributed by atoms with Gasteiger partial charge in [0.2, 0.25) is 5.76 Å². The lowest BCUT2D eigenvalue weighted by atomic mass is 10.1. The molecule has 1 aromatic rings. The molecule has 0 aromatic heterocycles. The molecule has 1 amide bonds. The van der Waals surface area contributed by atoms with E-state index in [0.717, 1.165) is 0 Å². The number of carbonyl (C=O) groups excluding carboxylic acids is 1. The summed E-state index contributed by atoms with van der Waals surface area (Å²) in [6, 6.07) is 7.11. The lowest BCUT2D eigenvalue weighted by Gasteiger charge is -2.13. The number of benzene rings is 1. The van der Waals surface area contributed by atoms with E-state index in [-0.39, 0.29) is 11.5 Å². The highest BCUT2D eigenvalue weighted by atomic mass is 16.5. The zero-order chi connectivity index (χ0) is 12.8. The first kappa shape index (κ1) is 12.9. The summed E-state index contributed by atoms with van der Waals surface area (Å²) in [6.07, 6.45) is 0. The lowest BCUT2D eigenvalue weighted by molar-refractivity contribution is -0.117. The van der Waals surface area contributed by atoms with Gasteiger partial charge in [0.05, 0.1) is 26.9 Å². The van der Waals surface area contributed by atoms with Gasteiger partial charge in [0, 0.05) is 0 Å². The van der Waals surface area contributed by atoms with Gasteiger partial charge in [-0.1, -0.05) is 12.1 Å². The van der Waals surface area contributed by atoms with E-state index in [4.69, 9.17) is 19.9 Å². The quantitative estimate of drug-likeness (QED) is 0.615. The third-order valence-corrected chi connectivity index (χ3v) is 2.19. The van der Waals surface area contributed by atoms with Crippen molar-refractivity contribution in [2.45, 2.75) is 0 Å². The van der Waals surface area contributed by atoms with E-state index < -0.39 is 5.91 Å². The smallest absolute Gasteiger partial charge is 0.287 e. The van der Waals surface area contributed by atoms with Crippen molar-refractivity contribution in [3.63, 3.8) is 0 Å². The van der Waals surface area contributed by atoms with E-state index in [1.54, 1.807) is 18.2 Å². The Kier molecular flexibility index (Phi) is 4.39. The van der Waals surface area contributed by atoms with Gasteiger partial charge in [0.25, 0.3) is 5.91 Å². The van der Waals surface area contributed by atoms with Crippen LogP contribution in [0.2, 0.25) is 0 Å². The Morgan fingerprint density at radius 3 is 2.24 bits per heavy atom. The normalized spacial score (nSPS) is 11.5. The second-order valence-corrected chi connectivity index (χ2v) is 3.13. The Morgan fingerprint density at radius 1 is 1.12 bits per heavy atom. The summed E-state index contributed by atoms with van der Waals surface area (Å²) in [7, 11) is 4.32. The molecule has 0 radical (unpaired) electrons. The molecule has 1 aromatic carbocycles. The molecule has 1 rings (SSSR count). The summed E-state index contributed by atoms with van der Waals surface area (Å²) in [6.45, 7) is 0. The molecular formula is C12H15NO4. The van der Waals surface area contributed by atoms with Crippen LogP contribution in [0.1, 0.15) is 5.56 Å². The Bertz CT molecular complexity index is 440. The molecule has 0 bridgehead atoms. The fourth-order valence-electron chi connectivity index (χ4n) is 1.46. The minimum Gasteiger partial charge on any atom is -0.496 e. The molecule has 0 aliphatic heterocycles. The highest BCUT2D eigenvalue weighted by Crippen LogP contribution is 2.28. The average Bonchev–Trinajstić information content (AvgIpc) is 2.35. The van der Waals surface area contributed by atoms with Crippen LogP contribution in [0.5, 0.6) is 5.75 Å². The van der Waals surface area contributed by atoms with Crippen LogP contribution in [-0.2, 0) is 14.3 Å². The van der Waals surface area contributed by atoms with Crippen LogP contribution in [0.4, 0.5) is 0 Å². The third kappa shape index (κ3) is 2.69. The van der Waals surface area contributed by atoms with Gasteiger partial charge >= 0.3 is 0 Å². The summed E-state index contributed by atoms with van der Waals surface area (Å²) in [5.74, 6) is 0.0739. The predicted molar refractivity (Wildman–Crippen MR) is 63.1 cm³/mol. The topological polar surface area (TPSA) is 70.8 Å². The van der Waals surface area contributed by atoms with Crippen LogP contribution < -0.4 is 10.5 Å². The molecule has 5 heteroatoms. The number of hydrogen-bond donors (Lipinski definition) is 1. The van der Waals surface area contributed by atoms with Crippen molar-refractivity contribution >= 4 is 11.7 Å². The van der Waals surface area contributed by atoms with Crippen LogP contribution in [-0.4, -0.2) is 27.2 Å². The van der Waals surface area contributed by atoms with E-state index in [0.29, 0.717) is 11.3 Å². The zero-order valence-corrected chi connectivity index (χ0v) is 10.0. The molecule has 92 valence electrons. The maximum Gasteiger partial charge on any atom is 0.287 e. The number of carbonyl (C=O) groups is 1. The molecule has 5 nitrogen and oxygen atoms in total. The highest BCUT2D eigenvalue weighted by molar-refractivity contribution is 5.97. The third-order valence-electron chi connectivity index (χ3n) is 2.19. The van der Waals surface area contributed by atoms with Crippen LogP contribution in [0.25, 0.3) is 5.76 Å². The summed E-state index contributed by atoms with van der Waals surface area (Å²) in [5, 5.41) is 0. The largest absolute Gasteiger partial charge is 0.496 e. The number of primary amides is 1. The monoisotopic (exact) mass is 237 g/mol. The molecule has 0 fully saturated rings. The molecule has 17 heavy (non-hydrogen) atoms. The van der Waals surface area contributed by atoms with Gasteiger partial charge < -0.3 is 19.9 Å². The molecular weight excluding hydrogens is 222 g/mol. The first-order valence-corrected chi connectivity index (χ1v) is 4.91. The van der Waals surface area contributed by atoms with E-state index in [1.165, 1.54) is 21.3 Å². The summed E-state index contributed by atoms with van der Waals surface area (Å²) < 4.78 is 15.3. The molecule has 2 N–H and O–H groups in total. The van der Waals surface area contributed by atoms with Crippen molar-refractivity contribution in [3.05, 3.63) is 35.6 Å². The van der Waals surface area contributed by atoms with Crippen molar-refractivity contribution in [3.8, 4) is 5.75 Å². The number of hydrogen-bond acceptors (Lipinski definition) is 4. The van der Waals surface area contributed by atoms with Crippen LogP contribution >= 0.6 is 0 Å². The van der Waals surface area contributed by atoms with E-state index in [2.05, 4.69) is 0 Å². The maximum atomic E-state index is 11.2. The van der Waals surface area contributed by atoms with Crippen LogP contribution in [0.15, 0.2) is 30.0 Å². The van der Waals surface area contributed by atoms with Gasteiger partial charge in [-0.15, -0.1) is 0 Å². The summed E-state index contributed by atoms with van der Waals surface area (Å²) >= 11 is 0. The Morgan fingerprint density at radius 2 is 1.76 bits per heavy atom. The number of amides is 1. The van der Waals surface area contributed by atoms with Crippen molar-refractivity contribution in [1.29, 1.82) is 0 Å². The maximum absolute atomic E-state index is 11.2. The van der Waals surface area contributed by atoms with Crippen LogP contribution in [0, 0.1) is 0 Å². The number of rotatable bonds is 5. The Hall–Kier alpha value is -2.17. The van der Waals surface area contributed by atoms with Crippen LogP contribution in [0.3, 0.4) is 0 Å². The van der Waals surface area contributed by atoms with Crippen molar-refractivity contribution < 1.29 is 19.0 Å². The van der Waals surface area contributed by atoms with Gasteiger partial charge in [-0.05, 0) is 12.1 Å². The fraction of sp³-hybridized carbons (Fsp3) is 0.250. The number of nitrogens with two attached hydrogens (primary N) is 1. The highest BCUT2D eigenvalue weighted by Gasteiger charge is 2.18. The number of para-hydroxylation sites is 1. The number of methoxy groups -OCH3 is 3. The predicted octanol–water partition coefficient (Wildman–Crippen LogP) is 1.14. The second-order valence-electron chi connectivity index (χ2n) is 3.13. The molecule has 0 aliphatic rings. The minimum atomic E-state index is -0.699. The molecule has 0 atom stereocenters. The average molecular weight is 237 g/mol. The van der Waals surface area contributed by atoms with E-state index >= 15 is 0 Å².